The first kappa shape index (κ1) is 13.1. The topological polar surface area (TPSA) is 26.3 Å². The lowest BCUT2D eigenvalue weighted by atomic mass is 10.0. The van der Waals surface area contributed by atoms with Crippen molar-refractivity contribution in [2.75, 3.05) is 6.61 Å². The maximum absolute atomic E-state index is 12.9. The lowest BCUT2D eigenvalue weighted by Crippen LogP contribution is -2.05. The van der Waals surface area contributed by atoms with Crippen LogP contribution in [0.5, 0.6) is 5.75 Å². The van der Waals surface area contributed by atoms with Crippen LogP contribution in [0.25, 0.3) is 0 Å². The van der Waals surface area contributed by atoms with Crippen LogP contribution in [0.15, 0.2) is 16.6 Å². The minimum Gasteiger partial charge on any atom is -0.493 e. The van der Waals surface area contributed by atoms with E-state index in [9.17, 15) is 13.6 Å². The first-order chi connectivity index (χ1) is 7.49. The Balaban J connectivity index is 3.43. The molecular weight excluding hydrogens is 282 g/mol. The predicted molar refractivity (Wildman–Crippen MR) is 60.3 cm³/mol. The van der Waals surface area contributed by atoms with Crippen molar-refractivity contribution >= 4 is 21.7 Å². The summed E-state index contributed by atoms with van der Waals surface area (Å²) in [4.78, 5) is 11.3. The van der Waals surface area contributed by atoms with Crippen LogP contribution >= 0.6 is 15.9 Å². The number of benzene rings is 1. The third-order valence-electron chi connectivity index (χ3n) is 2.02. The van der Waals surface area contributed by atoms with Gasteiger partial charge in [0, 0.05) is 10.0 Å². The quantitative estimate of drug-likeness (QED) is 0.785. The normalized spacial score (nSPS) is 10.6. The van der Waals surface area contributed by atoms with Gasteiger partial charge in [-0.2, -0.15) is 0 Å². The molecule has 2 nitrogen and oxygen atoms in total. The van der Waals surface area contributed by atoms with Crippen molar-refractivity contribution in [2.45, 2.75) is 20.3 Å². The molecule has 0 fully saturated rings. The molecule has 0 saturated carbocycles. The Bertz CT molecular complexity index is 405. The number of hydrogen-bond acceptors (Lipinski definition) is 2. The van der Waals surface area contributed by atoms with Crippen LogP contribution in [0, 0.1) is 0 Å². The number of rotatable bonds is 4. The highest BCUT2D eigenvalue weighted by atomic mass is 79.9. The highest BCUT2D eigenvalue weighted by Gasteiger charge is 2.23. The first-order valence-electron chi connectivity index (χ1n) is 4.73. The molecule has 0 spiro atoms. The summed E-state index contributed by atoms with van der Waals surface area (Å²) in [6, 6.07) is 2.97. The van der Waals surface area contributed by atoms with E-state index in [-0.39, 0.29) is 23.5 Å². The average Bonchev–Trinajstić information content (AvgIpc) is 2.19. The van der Waals surface area contributed by atoms with E-state index in [2.05, 4.69) is 15.9 Å². The molecule has 16 heavy (non-hydrogen) atoms. The van der Waals surface area contributed by atoms with Crippen LogP contribution in [-0.4, -0.2) is 12.4 Å². The van der Waals surface area contributed by atoms with E-state index in [1.165, 1.54) is 19.1 Å². The number of Topliss-reactive ketones (excluding diaryl/α,β-unsaturated/α-hetero) is 1. The number of alkyl halides is 2. The van der Waals surface area contributed by atoms with Crippen molar-refractivity contribution in [2.24, 2.45) is 0 Å². The van der Waals surface area contributed by atoms with Gasteiger partial charge in [0.25, 0.3) is 6.43 Å². The van der Waals surface area contributed by atoms with E-state index in [1.807, 2.05) is 0 Å². The van der Waals surface area contributed by atoms with Gasteiger partial charge in [0.1, 0.15) is 5.75 Å². The molecule has 0 aliphatic heterocycles. The van der Waals surface area contributed by atoms with Crippen molar-refractivity contribution in [3.8, 4) is 5.75 Å². The third kappa shape index (κ3) is 2.58. The SMILES string of the molecule is CCOc1ccc(Br)c(C(C)=O)c1C(F)F. The molecule has 0 bridgehead atoms. The zero-order chi connectivity index (χ0) is 12.3. The number of carbonyl (C=O) groups excluding carboxylic acids is 1. The summed E-state index contributed by atoms with van der Waals surface area (Å²) in [5.74, 6) is -0.352. The molecule has 0 saturated heterocycles. The molecule has 0 heterocycles. The summed E-state index contributed by atoms with van der Waals surface area (Å²) >= 11 is 3.09. The number of carbonyl (C=O) groups is 1. The molecule has 0 aromatic heterocycles. The van der Waals surface area contributed by atoms with Gasteiger partial charge in [-0.25, -0.2) is 8.78 Å². The summed E-state index contributed by atoms with van der Waals surface area (Å²) in [7, 11) is 0. The molecule has 5 heteroatoms. The zero-order valence-corrected chi connectivity index (χ0v) is 10.5. The van der Waals surface area contributed by atoms with Crippen molar-refractivity contribution in [3.63, 3.8) is 0 Å². The van der Waals surface area contributed by atoms with Gasteiger partial charge in [0.2, 0.25) is 0 Å². The largest absolute Gasteiger partial charge is 0.493 e. The number of ether oxygens (including phenoxy) is 1. The molecule has 1 aromatic rings. The second-order valence-corrected chi connectivity index (χ2v) is 3.98. The van der Waals surface area contributed by atoms with Crippen LogP contribution in [0.3, 0.4) is 0 Å². The predicted octanol–water partition coefficient (Wildman–Crippen LogP) is 3.99. The molecule has 0 atom stereocenters. The molecule has 0 unspecified atom stereocenters. The van der Waals surface area contributed by atoms with Gasteiger partial charge < -0.3 is 4.74 Å². The van der Waals surface area contributed by atoms with Gasteiger partial charge in [-0.1, -0.05) is 15.9 Å². The average molecular weight is 293 g/mol. The van der Waals surface area contributed by atoms with Gasteiger partial charge in [-0.05, 0) is 26.0 Å². The van der Waals surface area contributed by atoms with E-state index in [0.29, 0.717) is 4.47 Å². The molecule has 88 valence electrons. The molecule has 0 amide bonds. The molecular formula is C11H11BrF2O2. The van der Waals surface area contributed by atoms with E-state index in [0.717, 1.165) is 0 Å². The Morgan fingerprint density at radius 2 is 2.12 bits per heavy atom. The van der Waals surface area contributed by atoms with Crippen molar-refractivity contribution in [3.05, 3.63) is 27.7 Å². The minimum absolute atomic E-state index is 0.0130. The highest BCUT2D eigenvalue weighted by Crippen LogP contribution is 2.36. The maximum Gasteiger partial charge on any atom is 0.268 e. The Morgan fingerprint density at radius 3 is 2.56 bits per heavy atom. The van der Waals surface area contributed by atoms with E-state index in [1.54, 1.807) is 6.92 Å². The monoisotopic (exact) mass is 292 g/mol. The molecule has 0 radical (unpaired) electrons. The van der Waals surface area contributed by atoms with Gasteiger partial charge in [0.05, 0.1) is 12.2 Å². The molecule has 1 aromatic carbocycles. The molecule has 0 aliphatic carbocycles. The van der Waals surface area contributed by atoms with Crippen molar-refractivity contribution < 1.29 is 18.3 Å². The van der Waals surface area contributed by atoms with Gasteiger partial charge in [-0.15, -0.1) is 0 Å². The van der Waals surface area contributed by atoms with Crippen LogP contribution in [-0.2, 0) is 0 Å². The third-order valence-corrected chi connectivity index (χ3v) is 2.69. The lowest BCUT2D eigenvalue weighted by Gasteiger charge is -2.14. The summed E-state index contributed by atoms with van der Waals surface area (Å²) in [6.45, 7) is 3.23. The second kappa shape index (κ2) is 5.39. The standard InChI is InChI=1S/C11H11BrF2O2/c1-3-16-8-5-4-7(12)9(6(2)15)10(8)11(13)14/h4-5,11H,3H2,1-2H3. The van der Waals surface area contributed by atoms with E-state index >= 15 is 0 Å². The maximum atomic E-state index is 12.9. The van der Waals surface area contributed by atoms with Crippen molar-refractivity contribution in [1.82, 2.24) is 0 Å². The fourth-order valence-electron chi connectivity index (χ4n) is 1.43. The second-order valence-electron chi connectivity index (χ2n) is 3.12. The lowest BCUT2D eigenvalue weighted by molar-refractivity contribution is 0.0994. The van der Waals surface area contributed by atoms with Gasteiger partial charge in [-0.3, -0.25) is 4.79 Å². The number of ketones is 1. The minimum atomic E-state index is -2.74. The number of hydrogen-bond donors (Lipinski definition) is 0. The zero-order valence-electron chi connectivity index (χ0n) is 8.89. The fourth-order valence-corrected chi connectivity index (χ4v) is 2.05. The van der Waals surface area contributed by atoms with Crippen LogP contribution in [0.1, 0.15) is 36.2 Å². The summed E-state index contributed by atoms with van der Waals surface area (Å²) in [5.41, 5.74) is -0.357. The Hall–Kier alpha value is -0.970. The van der Waals surface area contributed by atoms with Crippen molar-refractivity contribution in [1.29, 1.82) is 0 Å². The number of halogens is 3. The van der Waals surface area contributed by atoms with Crippen LogP contribution in [0.4, 0.5) is 8.78 Å². The fraction of sp³-hybridized carbons (Fsp3) is 0.364. The van der Waals surface area contributed by atoms with Crippen LogP contribution in [0.2, 0.25) is 0 Å². The smallest absolute Gasteiger partial charge is 0.268 e. The Labute approximate surface area is 101 Å². The Morgan fingerprint density at radius 1 is 1.50 bits per heavy atom. The molecule has 0 aliphatic rings. The van der Waals surface area contributed by atoms with Gasteiger partial charge in [0.15, 0.2) is 5.78 Å². The molecule has 0 N–H and O–H groups in total. The summed E-state index contributed by atoms with van der Waals surface area (Å²) < 4.78 is 31.2. The summed E-state index contributed by atoms with van der Waals surface area (Å²) in [5, 5.41) is 0. The van der Waals surface area contributed by atoms with Gasteiger partial charge >= 0.3 is 0 Å². The summed E-state index contributed by atoms with van der Waals surface area (Å²) in [6.07, 6.45) is -2.74. The van der Waals surface area contributed by atoms with Crippen LogP contribution < -0.4 is 4.74 Å². The van der Waals surface area contributed by atoms with E-state index in [4.69, 9.17) is 4.74 Å². The Kier molecular flexibility index (Phi) is 4.41. The van der Waals surface area contributed by atoms with E-state index < -0.39 is 12.2 Å². The first-order valence-corrected chi connectivity index (χ1v) is 5.52. The highest BCUT2D eigenvalue weighted by molar-refractivity contribution is 9.10. The molecule has 1 rings (SSSR count).